The molecule has 5 atom stereocenters. The Bertz CT molecular complexity index is 443. The summed E-state index contributed by atoms with van der Waals surface area (Å²) in [6.45, 7) is 3.87. The fourth-order valence-corrected chi connectivity index (χ4v) is 4.26. The van der Waals surface area contributed by atoms with Crippen LogP contribution in [0.3, 0.4) is 0 Å². The lowest BCUT2D eigenvalue weighted by molar-refractivity contribution is -0.158. The summed E-state index contributed by atoms with van der Waals surface area (Å²) in [4.78, 5) is 11.8. The number of esters is 1. The van der Waals surface area contributed by atoms with Crippen LogP contribution in [-0.4, -0.2) is 34.5 Å². The van der Waals surface area contributed by atoms with Gasteiger partial charge in [0.15, 0.2) is 5.60 Å². The molecule has 1 saturated heterocycles. The van der Waals surface area contributed by atoms with Gasteiger partial charge >= 0.3 is 5.97 Å². The van der Waals surface area contributed by atoms with Gasteiger partial charge in [-0.1, -0.05) is 31.9 Å². The predicted octanol–water partition coefficient (Wildman–Crippen LogP) is 1.41. The molecule has 1 heterocycles. The lowest BCUT2D eigenvalue weighted by Gasteiger charge is -2.46. The quantitative estimate of drug-likeness (QED) is 0.556. The molecule has 0 bridgehead atoms. The van der Waals surface area contributed by atoms with E-state index < -0.39 is 24.1 Å². The van der Waals surface area contributed by atoms with Crippen molar-refractivity contribution in [3.8, 4) is 0 Å². The molecule has 1 aliphatic heterocycles. The summed E-state index contributed by atoms with van der Waals surface area (Å²) in [5.74, 6) is -0.580. The SMILES string of the molecule is CC1CCCC2(C)CC3OC(=O)C(O)(CO)C3C=C12. The van der Waals surface area contributed by atoms with Crippen LogP contribution in [0.5, 0.6) is 0 Å². The third-order valence-corrected chi connectivity index (χ3v) is 5.41. The van der Waals surface area contributed by atoms with Gasteiger partial charge in [0.25, 0.3) is 0 Å². The van der Waals surface area contributed by atoms with Crippen molar-refractivity contribution in [2.75, 3.05) is 6.61 Å². The summed E-state index contributed by atoms with van der Waals surface area (Å²) in [7, 11) is 0. The number of allylic oxidation sites excluding steroid dienone is 1. The Morgan fingerprint density at radius 2 is 2.26 bits per heavy atom. The monoisotopic (exact) mass is 266 g/mol. The first-order valence-corrected chi connectivity index (χ1v) is 7.17. The van der Waals surface area contributed by atoms with Gasteiger partial charge < -0.3 is 14.9 Å². The second-order valence-electron chi connectivity index (χ2n) is 6.73. The topological polar surface area (TPSA) is 66.8 Å². The zero-order chi connectivity index (χ0) is 13.8. The number of fused-ring (bicyclic) bond motifs is 2. The number of hydrogen-bond donors (Lipinski definition) is 2. The van der Waals surface area contributed by atoms with E-state index in [9.17, 15) is 15.0 Å². The average Bonchev–Trinajstić information content (AvgIpc) is 2.59. The third kappa shape index (κ3) is 1.69. The molecular formula is C15H22O4. The number of aliphatic hydroxyl groups is 2. The minimum atomic E-state index is -1.74. The Morgan fingerprint density at radius 1 is 1.53 bits per heavy atom. The maximum Gasteiger partial charge on any atom is 0.341 e. The lowest BCUT2D eigenvalue weighted by atomic mass is 9.59. The van der Waals surface area contributed by atoms with E-state index in [-0.39, 0.29) is 11.5 Å². The first kappa shape index (κ1) is 13.1. The molecule has 5 unspecified atom stereocenters. The van der Waals surface area contributed by atoms with E-state index in [1.165, 1.54) is 12.0 Å². The molecule has 0 spiro atoms. The molecule has 3 rings (SSSR count). The Hall–Kier alpha value is -0.870. The van der Waals surface area contributed by atoms with Crippen molar-refractivity contribution in [2.45, 2.75) is 51.2 Å². The van der Waals surface area contributed by atoms with Gasteiger partial charge in [-0.3, -0.25) is 0 Å². The molecular weight excluding hydrogens is 244 g/mol. The van der Waals surface area contributed by atoms with Gasteiger partial charge in [-0.2, -0.15) is 0 Å². The highest BCUT2D eigenvalue weighted by Crippen LogP contribution is 2.54. The Labute approximate surface area is 113 Å². The number of rotatable bonds is 1. The standard InChI is InChI=1S/C15H22O4/c1-9-4-3-5-14(2)7-12-11(6-10(9)14)15(18,8-16)13(17)19-12/h6,9,11-12,16,18H,3-5,7-8H2,1-2H3. The van der Waals surface area contributed by atoms with Gasteiger partial charge in [0.05, 0.1) is 12.5 Å². The first-order valence-electron chi connectivity index (χ1n) is 7.17. The van der Waals surface area contributed by atoms with E-state index in [4.69, 9.17) is 4.74 Å². The summed E-state index contributed by atoms with van der Waals surface area (Å²) in [6.07, 6.45) is 5.97. The number of aliphatic hydroxyl groups excluding tert-OH is 1. The molecule has 2 aliphatic carbocycles. The predicted molar refractivity (Wildman–Crippen MR) is 69.2 cm³/mol. The maximum absolute atomic E-state index is 11.8. The van der Waals surface area contributed by atoms with Crippen molar-refractivity contribution in [1.82, 2.24) is 0 Å². The summed E-state index contributed by atoms with van der Waals surface area (Å²) >= 11 is 0. The molecule has 106 valence electrons. The van der Waals surface area contributed by atoms with E-state index in [0.29, 0.717) is 5.92 Å². The van der Waals surface area contributed by atoms with Gasteiger partial charge in [-0.05, 0) is 30.6 Å². The fourth-order valence-electron chi connectivity index (χ4n) is 4.26. The van der Waals surface area contributed by atoms with Crippen molar-refractivity contribution >= 4 is 5.97 Å². The number of ether oxygens (including phenoxy) is 1. The summed E-state index contributed by atoms with van der Waals surface area (Å²) < 4.78 is 5.33. The summed E-state index contributed by atoms with van der Waals surface area (Å²) in [6, 6.07) is 0. The van der Waals surface area contributed by atoms with E-state index in [1.807, 2.05) is 6.08 Å². The highest BCUT2D eigenvalue weighted by molar-refractivity contribution is 5.83. The molecule has 4 heteroatoms. The Balaban J connectivity index is 2.03. The van der Waals surface area contributed by atoms with Gasteiger partial charge in [0.1, 0.15) is 6.10 Å². The van der Waals surface area contributed by atoms with Crippen LogP contribution < -0.4 is 0 Å². The van der Waals surface area contributed by atoms with Crippen LogP contribution in [0.25, 0.3) is 0 Å². The molecule has 2 N–H and O–H groups in total. The molecule has 0 radical (unpaired) electrons. The molecule has 0 aromatic heterocycles. The van der Waals surface area contributed by atoms with Crippen molar-refractivity contribution < 1.29 is 19.7 Å². The molecule has 2 fully saturated rings. The molecule has 0 aromatic rings. The van der Waals surface area contributed by atoms with E-state index in [0.717, 1.165) is 19.3 Å². The maximum atomic E-state index is 11.8. The molecule has 0 aromatic carbocycles. The van der Waals surface area contributed by atoms with Crippen LogP contribution in [0.15, 0.2) is 11.6 Å². The van der Waals surface area contributed by atoms with E-state index in [1.54, 1.807) is 0 Å². The Kier molecular flexibility index (Phi) is 2.81. The molecule has 3 aliphatic rings. The van der Waals surface area contributed by atoms with Gasteiger partial charge in [-0.25, -0.2) is 4.79 Å². The summed E-state index contributed by atoms with van der Waals surface area (Å²) in [5, 5.41) is 19.7. The summed E-state index contributed by atoms with van der Waals surface area (Å²) in [5.41, 5.74) is -0.319. The largest absolute Gasteiger partial charge is 0.459 e. The smallest absolute Gasteiger partial charge is 0.341 e. The van der Waals surface area contributed by atoms with Crippen molar-refractivity contribution in [3.05, 3.63) is 11.6 Å². The number of carbonyl (C=O) groups excluding carboxylic acids is 1. The van der Waals surface area contributed by atoms with Crippen LogP contribution in [0.2, 0.25) is 0 Å². The normalized spacial score (nSPS) is 49.2. The van der Waals surface area contributed by atoms with Crippen molar-refractivity contribution in [2.24, 2.45) is 17.3 Å². The molecule has 1 saturated carbocycles. The minimum Gasteiger partial charge on any atom is -0.459 e. The van der Waals surface area contributed by atoms with E-state index in [2.05, 4.69) is 13.8 Å². The number of hydrogen-bond acceptors (Lipinski definition) is 4. The van der Waals surface area contributed by atoms with Crippen molar-refractivity contribution in [3.63, 3.8) is 0 Å². The van der Waals surface area contributed by atoms with Gasteiger partial charge in [-0.15, -0.1) is 0 Å². The van der Waals surface area contributed by atoms with Crippen LogP contribution in [0.4, 0.5) is 0 Å². The van der Waals surface area contributed by atoms with Crippen LogP contribution >= 0.6 is 0 Å². The van der Waals surface area contributed by atoms with Crippen molar-refractivity contribution in [1.29, 1.82) is 0 Å². The van der Waals surface area contributed by atoms with Crippen LogP contribution in [0, 0.1) is 17.3 Å². The lowest BCUT2D eigenvalue weighted by Crippen LogP contribution is -2.48. The highest BCUT2D eigenvalue weighted by atomic mass is 16.6. The first-order chi connectivity index (χ1) is 8.90. The molecule has 0 amide bonds. The van der Waals surface area contributed by atoms with Gasteiger partial charge in [0, 0.05) is 0 Å². The van der Waals surface area contributed by atoms with Gasteiger partial charge in [0.2, 0.25) is 0 Å². The molecule has 19 heavy (non-hydrogen) atoms. The molecule has 4 nitrogen and oxygen atoms in total. The minimum absolute atomic E-state index is 0.0832. The average molecular weight is 266 g/mol. The second kappa shape index (κ2) is 4.06. The van der Waals surface area contributed by atoms with E-state index >= 15 is 0 Å². The Morgan fingerprint density at radius 3 is 2.95 bits per heavy atom. The second-order valence-corrected chi connectivity index (χ2v) is 6.73. The zero-order valence-electron chi connectivity index (χ0n) is 11.6. The third-order valence-electron chi connectivity index (χ3n) is 5.41. The van der Waals surface area contributed by atoms with Crippen LogP contribution in [0.1, 0.15) is 39.5 Å². The zero-order valence-corrected chi connectivity index (χ0v) is 11.6. The fraction of sp³-hybridized carbons (Fsp3) is 0.800. The number of carbonyl (C=O) groups is 1. The van der Waals surface area contributed by atoms with Crippen LogP contribution in [-0.2, 0) is 9.53 Å². The highest BCUT2D eigenvalue weighted by Gasteiger charge is 2.59.